The van der Waals surface area contributed by atoms with Crippen molar-refractivity contribution in [1.29, 1.82) is 0 Å². The largest absolute Gasteiger partial charge is 0.494 e. The molecular weight excluding hydrogens is 339 g/mol. The third-order valence-electron chi connectivity index (χ3n) is 4.01. The summed E-state index contributed by atoms with van der Waals surface area (Å²) in [6.45, 7) is 2.32. The summed E-state index contributed by atoms with van der Waals surface area (Å²) in [6, 6.07) is 9.99. The van der Waals surface area contributed by atoms with Crippen LogP contribution >= 0.6 is 11.6 Å². The number of halogens is 4. The first-order valence-electron chi connectivity index (χ1n) is 7.46. The lowest BCUT2D eigenvalue weighted by Crippen LogP contribution is -2.05. The molecule has 0 fully saturated rings. The van der Waals surface area contributed by atoms with Gasteiger partial charge in [-0.05, 0) is 29.7 Å². The number of aryl methyl sites for hydroxylation is 1. The summed E-state index contributed by atoms with van der Waals surface area (Å²) in [5.41, 5.74) is 1.14. The van der Waals surface area contributed by atoms with E-state index in [1.165, 1.54) is 22.4 Å². The number of rotatable bonds is 3. The van der Waals surface area contributed by atoms with Crippen molar-refractivity contribution in [2.24, 2.45) is 0 Å². The molecule has 0 radical (unpaired) electrons. The second kappa shape index (κ2) is 6.06. The highest BCUT2D eigenvalue weighted by Crippen LogP contribution is 2.41. The summed E-state index contributed by atoms with van der Waals surface area (Å²) in [5, 5.41) is 10.3. The monoisotopic (exact) mass is 353 g/mol. The van der Waals surface area contributed by atoms with Gasteiger partial charge in [-0.25, -0.2) is 0 Å². The Morgan fingerprint density at radius 2 is 1.71 bits per heavy atom. The zero-order chi connectivity index (χ0) is 17.5. The molecule has 24 heavy (non-hydrogen) atoms. The molecule has 3 rings (SSSR count). The van der Waals surface area contributed by atoms with Gasteiger partial charge in [-0.15, -0.1) is 0 Å². The molecule has 6 heteroatoms. The Morgan fingerprint density at radius 1 is 1.08 bits per heavy atom. The SMILES string of the molecule is CCc1ccc(Cn2cc3cc(Cl)cc(C(F)(F)F)c3c2O)cc1. The van der Waals surface area contributed by atoms with Crippen molar-refractivity contribution in [2.75, 3.05) is 0 Å². The quantitative estimate of drug-likeness (QED) is 0.648. The maximum atomic E-state index is 13.2. The number of alkyl halides is 3. The lowest BCUT2D eigenvalue weighted by Gasteiger charge is -2.10. The van der Waals surface area contributed by atoms with Crippen LogP contribution in [0.15, 0.2) is 42.6 Å². The molecule has 0 saturated carbocycles. The number of aromatic hydroxyl groups is 1. The third-order valence-corrected chi connectivity index (χ3v) is 4.23. The molecule has 0 saturated heterocycles. The smallest absolute Gasteiger partial charge is 0.417 e. The number of aromatic nitrogens is 1. The van der Waals surface area contributed by atoms with E-state index in [1.807, 2.05) is 31.2 Å². The molecule has 2 nitrogen and oxygen atoms in total. The van der Waals surface area contributed by atoms with Crippen molar-refractivity contribution in [3.8, 4) is 5.88 Å². The molecule has 1 aromatic heterocycles. The van der Waals surface area contributed by atoms with Gasteiger partial charge in [-0.1, -0.05) is 42.8 Å². The van der Waals surface area contributed by atoms with Gasteiger partial charge in [0.1, 0.15) is 0 Å². The van der Waals surface area contributed by atoms with Crippen LogP contribution in [0.3, 0.4) is 0 Å². The summed E-state index contributed by atoms with van der Waals surface area (Å²) in [5.74, 6) is -0.409. The van der Waals surface area contributed by atoms with E-state index in [4.69, 9.17) is 11.6 Å². The Morgan fingerprint density at radius 3 is 2.29 bits per heavy atom. The topological polar surface area (TPSA) is 25.2 Å². The standard InChI is InChI=1S/C18H15ClF3NO/c1-2-11-3-5-12(6-4-11)9-23-10-13-7-14(19)8-15(18(20,21)22)16(13)17(23)24/h3-8,10,24H,2,9H2,1H3. The summed E-state index contributed by atoms with van der Waals surface area (Å²) in [4.78, 5) is 0. The minimum Gasteiger partial charge on any atom is -0.494 e. The highest BCUT2D eigenvalue weighted by atomic mass is 35.5. The Hall–Kier alpha value is -2.14. The van der Waals surface area contributed by atoms with E-state index in [1.54, 1.807) is 0 Å². The van der Waals surface area contributed by atoms with Crippen LogP contribution in [0, 0.1) is 0 Å². The van der Waals surface area contributed by atoms with Crippen LogP contribution < -0.4 is 0 Å². The van der Waals surface area contributed by atoms with E-state index >= 15 is 0 Å². The molecule has 2 aromatic carbocycles. The molecule has 0 unspecified atom stereocenters. The van der Waals surface area contributed by atoms with Crippen LogP contribution in [-0.2, 0) is 19.1 Å². The fourth-order valence-corrected chi connectivity index (χ4v) is 3.00. The molecule has 0 aliphatic rings. The predicted octanol–water partition coefficient (Wildman–Crippen LogP) is 5.63. The van der Waals surface area contributed by atoms with Crippen LogP contribution in [0.1, 0.15) is 23.6 Å². The molecule has 3 aromatic rings. The third kappa shape index (κ3) is 3.08. The summed E-state index contributed by atoms with van der Waals surface area (Å²) in [6.07, 6.45) is -2.19. The Labute approximate surface area is 142 Å². The molecule has 1 heterocycles. The number of hydrogen-bond acceptors (Lipinski definition) is 1. The average Bonchev–Trinajstić information content (AvgIpc) is 2.82. The Balaban J connectivity index is 2.08. The van der Waals surface area contributed by atoms with E-state index in [-0.39, 0.29) is 22.3 Å². The van der Waals surface area contributed by atoms with Crippen LogP contribution in [0.25, 0.3) is 10.8 Å². The number of fused-ring (bicyclic) bond motifs is 1. The van der Waals surface area contributed by atoms with Crippen molar-refractivity contribution >= 4 is 22.4 Å². The molecule has 0 aliphatic heterocycles. The van der Waals surface area contributed by atoms with Gasteiger partial charge < -0.3 is 9.67 Å². The second-order valence-electron chi connectivity index (χ2n) is 5.67. The maximum Gasteiger partial charge on any atom is 0.417 e. The zero-order valence-corrected chi connectivity index (χ0v) is 13.6. The van der Waals surface area contributed by atoms with Gasteiger partial charge in [0.15, 0.2) is 5.88 Å². The van der Waals surface area contributed by atoms with E-state index in [2.05, 4.69) is 0 Å². The van der Waals surface area contributed by atoms with E-state index < -0.39 is 17.6 Å². The maximum absolute atomic E-state index is 13.2. The molecule has 0 aliphatic carbocycles. The van der Waals surface area contributed by atoms with Crippen LogP contribution in [0.5, 0.6) is 5.88 Å². The highest BCUT2D eigenvalue weighted by molar-refractivity contribution is 6.31. The van der Waals surface area contributed by atoms with Gasteiger partial charge in [-0.2, -0.15) is 13.2 Å². The van der Waals surface area contributed by atoms with Gasteiger partial charge in [0, 0.05) is 16.6 Å². The van der Waals surface area contributed by atoms with Crippen LogP contribution in [-0.4, -0.2) is 9.67 Å². The normalized spacial score (nSPS) is 12.0. The minimum absolute atomic E-state index is 0.0146. The summed E-state index contributed by atoms with van der Waals surface area (Å²) < 4.78 is 41.1. The van der Waals surface area contributed by atoms with E-state index in [9.17, 15) is 18.3 Å². The number of benzene rings is 2. The molecule has 1 N–H and O–H groups in total. The lowest BCUT2D eigenvalue weighted by molar-refractivity contribution is -0.136. The van der Waals surface area contributed by atoms with Gasteiger partial charge in [0.05, 0.1) is 17.5 Å². The zero-order valence-electron chi connectivity index (χ0n) is 12.9. The summed E-state index contributed by atoms with van der Waals surface area (Å²) in [7, 11) is 0. The first-order valence-corrected chi connectivity index (χ1v) is 7.83. The van der Waals surface area contributed by atoms with Gasteiger partial charge in [0.2, 0.25) is 0 Å². The van der Waals surface area contributed by atoms with Crippen molar-refractivity contribution in [3.05, 3.63) is 64.3 Å². The van der Waals surface area contributed by atoms with Gasteiger partial charge in [-0.3, -0.25) is 0 Å². The van der Waals surface area contributed by atoms with Crippen molar-refractivity contribution in [2.45, 2.75) is 26.1 Å². The molecular formula is C18H15ClF3NO. The van der Waals surface area contributed by atoms with E-state index in [0.29, 0.717) is 0 Å². The molecule has 0 spiro atoms. The number of hydrogen-bond donors (Lipinski definition) is 1. The predicted molar refractivity (Wildman–Crippen MR) is 88.5 cm³/mol. The molecule has 126 valence electrons. The number of nitrogens with zero attached hydrogens (tertiary/aromatic N) is 1. The highest BCUT2D eigenvalue weighted by Gasteiger charge is 2.35. The van der Waals surface area contributed by atoms with Gasteiger partial charge in [0.25, 0.3) is 0 Å². The second-order valence-corrected chi connectivity index (χ2v) is 6.10. The lowest BCUT2D eigenvalue weighted by atomic mass is 10.1. The first-order chi connectivity index (χ1) is 11.3. The Bertz CT molecular complexity index is 882. The Kier molecular flexibility index (Phi) is 4.22. The van der Waals surface area contributed by atoms with Crippen molar-refractivity contribution in [1.82, 2.24) is 4.57 Å². The van der Waals surface area contributed by atoms with Crippen LogP contribution in [0.2, 0.25) is 5.02 Å². The average molecular weight is 354 g/mol. The molecule has 0 atom stereocenters. The van der Waals surface area contributed by atoms with E-state index in [0.717, 1.165) is 18.1 Å². The fourth-order valence-electron chi connectivity index (χ4n) is 2.77. The summed E-state index contributed by atoms with van der Waals surface area (Å²) >= 11 is 5.79. The minimum atomic E-state index is -4.59. The molecule has 0 bridgehead atoms. The van der Waals surface area contributed by atoms with Gasteiger partial charge >= 0.3 is 6.18 Å². The van der Waals surface area contributed by atoms with Crippen molar-refractivity contribution in [3.63, 3.8) is 0 Å². The van der Waals surface area contributed by atoms with Crippen LogP contribution in [0.4, 0.5) is 13.2 Å². The first kappa shape index (κ1) is 16.7. The fraction of sp³-hybridized carbons (Fsp3) is 0.222. The molecule has 0 amide bonds. The van der Waals surface area contributed by atoms with Crippen molar-refractivity contribution < 1.29 is 18.3 Å².